The summed E-state index contributed by atoms with van der Waals surface area (Å²) in [7, 11) is 5.78. The zero-order valence-electron chi connectivity index (χ0n) is 31.6. The predicted octanol–water partition coefficient (Wildman–Crippen LogP) is 4.49. The van der Waals surface area contributed by atoms with Crippen molar-refractivity contribution >= 4 is 17.8 Å². The third-order valence-corrected chi connectivity index (χ3v) is 11.9. The number of hydrogen-bond donors (Lipinski definition) is 0. The number of likely N-dealkylation sites (N-methyl/N-ethyl adjacent to an activating group) is 1. The van der Waals surface area contributed by atoms with Crippen LogP contribution in [-0.2, 0) is 38.0 Å². The van der Waals surface area contributed by atoms with Crippen LogP contribution in [0.2, 0.25) is 0 Å². The fourth-order valence-electron chi connectivity index (χ4n) is 9.45. The number of hydrogen-bond acceptors (Lipinski definition) is 11. The summed E-state index contributed by atoms with van der Waals surface area (Å²) in [6.07, 6.45) is -1.60. The molecule has 4 fully saturated rings. The molecule has 5 aliphatic rings. The van der Waals surface area contributed by atoms with Gasteiger partial charge >= 0.3 is 12.1 Å². The summed E-state index contributed by atoms with van der Waals surface area (Å²) >= 11 is 0. The monoisotopic (exact) mass is 691 g/mol. The Morgan fingerprint density at radius 2 is 1.80 bits per heavy atom. The van der Waals surface area contributed by atoms with Crippen molar-refractivity contribution in [2.75, 3.05) is 47.5 Å². The van der Waals surface area contributed by atoms with Gasteiger partial charge in [0.2, 0.25) is 0 Å². The molecule has 1 amide bonds. The third-order valence-electron chi connectivity index (χ3n) is 11.9. The van der Waals surface area contributed by atoms with Crippen molar-refractivity contribution in [3.05, 3.63) is 12.2 Å². The number of fused-ring (bicyclic) bond motifs is 4. The Labute approximate surface area is 293 Å². The van der Waals surface area contributed by atoms with E-state index < -0.39 is 53.8 Å². The van der Waals surface area contributed by atoms with Crippen LogP contribution in [0.5, 0.6) is 0 Å². The minimum Gasteiger partial charge on any atom is -0.458 e. The molecule has 12 heteroatoms. The minimum absolute atomic E-state index is 0.0616. The van der Waals surface area contributed by atoms with Crippen LogP contribution in [0.15, 0.2) is 17.1 Å². The second kappa shape index (κ2) is 14.9. The first-order valence-corrected chi connectivity index (χ1v) is 18.2. The third kappa shape index (κ3) is 7.20. The highest BCUT2D eigenvalue weighted by molar-refractivity contribution is 5.91. The van der Waals surface area contributed by atoms with Crippen molar-refractivity contribution in [3.63, 3.8) is 0 Å². The summed E-state index contributed by atoms with van der Waals surface area (Å²) in [6, 6.07) is -0.307. The van der Waals surface area contributed by atoms with Gasteiger partial charge in [0.05, 0.1) is 55.6 Å². The Balaban J connectivity index is 1.64. The summed E-state index contributed by atoms with van der Waals surface area (Å²) in [5.41, 5.74) is -0.222. The second-order valence-corrected chi connectivity index (χ2v) is 15.8. The fourth-order valence-corrected chi connectivity index (χ4v) is 9.45. The van der Waals surface area contributed by atoms with Crippen LogP contribution in [-0.4, -0.2) is 135 Å². The van der Waals surface area contributed by atoms with Crippen LogP contribution in [0.1, 0.15) is 74.7 Å². The zero-order valence-corrected chi connectivity index (χ0v) is 31.6. The van der Waals surface area contributed by atoms with Crippen molar-refractivity contribution in [2.24, 2.45) is 28.7 Å². The maximum absolute atomic E-state index is 14.2. The van der Waals surface area contributed by atoms with Crippen molar-refractivity contribution in [1.82, 2.24) is 9.80 Å². The molecule has 0 aromatic heterocycles. The molecule has 0 N–H and O–H groups in total. The Kier molecular flexibility index (Phi) is 11.6. The number of nitrogens with zero attached hydrogens (tertiary/aromatic N) is 3. The molecule has 0 unspecified atom stereocenters. The van der Waals surface area contributed by atoms with E-state index >= 15 is 0 Å². The van der Waals surface area contributed by atoms with Gasteiger partial charge in [0, 0.05) is 37.2 Å². The lowest BCUT2D eigenvalue weighted by Crippen LogP contribution is -2.61. The number of methoxy groups -OCH3 is 1. The number of ether oxygens (including phenoxy) is 7. The molecule has 0 spiro atoms. The number of amides is 1. The Hall–Kier alpha value is -2.09. The first-order valence-electron chi connectivity index (χ1n) is 18.2. The molecule has 278 valence electrons. The Morgan fingerprint density at radius 1 is 1.08 bits per heavy atom. The highest BCUT2D eigenvalue weighted by Gasteiger charge is 2.60. The van der Waals surface area contributed by atoms with Gasteiger partial charge in [0.15, 0.2) is 11.9 Å². The number of aliphatic imine (C=N–C) groups is 1. The maximum Gasteiger partial charge on any atom is 0.410 e. The van der Waals surface area contributed by atoms with Gasteiger partial charge in [-0.25, -0.2) is 4.79 Å². The van der Waals surface area contributed by atoms with Gasteiger partial charge in [-0.05, 0) is 72.5 Å². The number of rotatable bonds is 5. The maximum atomic E-state index is 14.2. The first kappa shape index (κ1) is 38.1. The lowest BCUT2D eigenvalue weighted by Gasteiger charge is -2.49. The molecule has 14 atom stereocenters. The molecule has 49 heavy (non-hydrogen) atoms. The summed E-state index contributed by atoms with van der Waals surface area (Å²) in [5.74, 6) is -1.71. The molecule has 5 aliphatic heterocycles. The van der Waals surface area contributed by atoms with Crippen LogP contribution >= 0.6 is 0 Å². The van der Waals surface area contributed by atoms with Crippen LogP contribution < -0.4 is 0 Å². The molecule has 0 aliphatic carbocycles. The Morgan fingerprint density at radius 3 is 2.45 bits per heavy atom. The average Bonchev–Trinajstić information content (AvgIpc) is 3.18. The van der Waals surface area contributed by atoms with Crippen molar-refractivity contribution in [1.29, 1.82) is 0 Å². The SMILES string of the molecule is C=C1CO[C@H]2[C@H](C)[C@@H](O[C@@H]3O[C@H](C)C[C@H](N(C)C)[C@H]3OC)[C@](C)(C[C@@H](C)C3=NCCN4C(=O)O[C@](C)([C@@H](CC)OC(=O)[C@@H]2C)[C@H]4[C@H]3C)OC1. The molecule has 4 saturated heterocycles. The summed E-state index contributed by atoms with van der Waals surface area (Å²) in [5, 5.41) is 0. The largest absolute Gasteiger partial charge is 0.458 e. The summed E-state index contributed by atoms with van der Waals surface area (Å²) in [4.78, 5) is 36.7. The first-order chi connectivity index (χ1) is 23.1. The molecule has 0 radical (unpaired) electrons. The molecule has 4 bridgehead atoms. The number of esters is 1. The van der Waals surface area contributed by atoms with Gasteiger partial charge < -0.3 is 38.1 Å². The molecule has 5 rings (SSSR count). The smallest absolute Gasteiger partial charge is 0.410 e. The van der Waals surface area contributed by atoms with E-state index in [9.17, 15) is 9.59 Å². The standard InChI is InChI=1S/C37H61N3O9/c1-13-27-37(9)31-23(5)28(38-14-15-40(31)35(42)49-37)21(3)17-36(8)32(48-34-30(43-12)26(39(10)11)16-22(4)46-34)24(6)29(25(7)33(41)47-27)44-18-20(2)19-45-36/h21-27,29-32,34H,2,13-19H2,1,3-12H3/t21-,22-,23+,24+,25-,26+,27-,29+,30-,31-,32-,34+,36+,37-/m1/s1. The van der Waals surface area contributed by atoms with Gasteiger partial charge in [-0.15, -0.1) is 0 Å². The van der Waals surface area contributed by atoms with Gasteiger partial charge in [0.1, 0.15) is 12.2 Å². The van der Waals surface area contributed by atoms with Crippen molar-refractivity contribution in [3.8, 4) is 0 Å². The van der Waals surface area contributed by atoms with Gasteiger partial charge in [-0.2, -0.15) is 0 Å². The van der Waals surface area contributed by atoms with Crippen molar-refractivity contribution < 1.29 is 42.7 Å². The van der Waals surface area contributed by atoms with Crippen LogP contribution in [0.4, 0.5) is 4.79 Å². The minimum atomic E-state index is -1.07. The van der Waals surface area contributed by atoms with Crippen LogP contribution in [0.25, 0.3) is 0 Å². The van der Waals surface area contributed by atoms with E-state index in [4.69, 9.17) is 38.2 Å². The quantitative estimate of drug-likeness (QED) is 0.302. The Bertz CT molecular complexity index is 1260. The van der Waals surface area contributed by atoms with Crippen molar-refractivity contribution in [2.45, 2.75) is 135 Å². The molecule has 0 aromatic rings. The molecule has 0 aromatic carbocycles. The highest BCUT2D eigenvalue weighted by atomic mass is 16.7. The van der Waals surface area contributed by atoms with E-state index in [2.05, 4.69) is 46.1 Å². The molecule has 0 saturated carbocycles. The lowest BCUT2D eigenvalue weighted by molar-refractivity contribution is -0.305. The van der Waals surface area contributed by atoms with Gasteiger partial charge in [-0.3, -0.25) is 14.7 Å². The van der Waals surface area contributed by atoms with Gasteiger partial charge in [-0.1, -0.05) is 34.3 Å². The normalized spacial score (nSPS) is 45.4. The highest BCUT2D eigenvalue weighted by Crippen LogP contribution is 2.45. The van der Waals surface area contributed by atoms with E-state index in [-0.39, 0.29) is 55.3 Å². The molecular formula is C37H61N3O9. The summed E-state index contributed by atoms with van der Waals surface area (Å²) < 4.78 is 45.7. The summed E-state index contributed by atoms with van der Waals surface area (Å²) in [6.45, 7) is 21.8. The fraction of sp³-hybridized carbons (Fsp3) is 0.865. The second-order valence-electron chi connectivity index (χ2n) is 15.8. The van der Waals surface area contributed by atoms with E-state index in [0.717, 1.165) is 17.7 Å². The van der Waals surface area contributed by atoms with E-state index in [1.54, 1.807) is 12.0 Å². The average molecular weight is 692 g/mol. The lowest BCUT2D eigenvalue weighted by atomic mass is 9.72. The molecule has 5 heterocycles. The zero-order chi connectivity index (χ0) is 36.0. The van der Waals surface area contributed by atoms with E-state index in [1.807, 2.05) is 34.9 Å². The van der Waals surface area contributed by atoms with Gasteiger partial charge in [0.25, 0.3) is 0 Å². The molecular weight excluding hydrogens is 630 g/mol. The number of carbonyl (C=O) groups excluding carboxylic acids is 2. The number of cyclic esters (lactones) is 1. The topological polar surface area (TPSA) is 118 Å². The predicted molar refractivity (Wildman–Crippen MR) is 184 cm³/mol. The van der Waals surface area contributed by atoms with Crippen LogP contribution in [0.3, 0.4) is 0 Å². The van der Waals surface area contributed by atoms with E-state index in [1.165, 1.54) is 0 Å². The van der Waals surface area contributed by atoms with Crippen LogP contribution in [0, 0.1) is 23.7 Å². The number of carbonyl (C=O) groups is 2. The molecule has 12 nitrogen and oxygen atoms in total. The van der Waals surface area contributed by atoms with E-state index in [0.29, 0.717) is 25.9 Å².